The van der Waals surface area contributed by atoms with Gasteiger partial charge in [0.2, 0.25) is 0 Å². The van der Waals surface area contributed by atoms with Crippen LogP contribution in [-0.2, 0) is 0 Å². The van der Waals surface area contributed by atoms with Crippen LogP contribution in [-0.4, -0.2) is 21.4 Å². The maximum Gasteiger partial charge on any atom is 0.183 e. The second kappa shape index (κ2) is 5.30. The summed E-state index contributed by atoms with van der Waals surface area (Å²) in [6, 6.07) is 9.97. The third-order valence-electron chi connectivity index (χ3n) is 2.33. The van der Waals surface area contributed by atoms with Crippen LogP contribution in [0, 0.1) is 0 Å². The monoisotopic (exact) mass is 216 g/mol. The SMILES string of the molecule is CCCCNn1cnc(-c2ccccc2)n1. The van der Waals surface area contributed by atoms with Gasteiger partial charge in [0.05, 0.1) is 0 Å². The first-order chi connectivity index (χ1) is 7.90. The largest absolute Gasteiger partial charge is 0.309 e. The highest BCUT2D eigenvalue weighted by Gasteiger charge is 2.02. The number of hydrogen-bond donors (Lipinski definition) is 1. The fraction of sp³-hybridized carbons (Fsp3) is 0.333. The summed E-state index contributed by atoms with van der Waals surface area (Å²) in [6.45, 7) is 3.09. The first-order valence-corrected chi connectivity index (χ1v) is 5.61. The van der Waals surface area contributed by atoms with Crippen LogP contribution >= 0.6 is 0 Å². The molecule has 0 fully saturated rings. The Balaban J connectivity index is 2.02. The lowest BCUT2D eigenvalue weighted by atomic mass is 10.2. The first kappa shape index (κ1) is 10.7. The number of rotatable bonds is 5. The molecule has 0 radical (unpaired) electrons. The minimum atomic E-state index is 0.754. The predicted molar refractivity (Wildman–Crippen MR) is 64.6 cm³/mol. The number of benzene rings is 1. The van der Waals surface area contributed by atoms with Gasteiger partial charge >= 0.3 is 0 Å². The van der Waals surface area contributed by atoms with Crippen LogP contribution in [0.1, 0.15) is 19.8 Å². The summed E-state index contributed by atoms with van der Waals surface area (Å²) in [5.74, 6) is 0.754. The van der Waals surface area contributed by atoms with Gasteiger partial charge in [-0.15, -0.1) is 5.10 Å². The molecule has 4 heteroatoms. The van der Waals surface area contributed by atoms with Gasteiger partial charge in [-0.05, 0) is 6.42 Å². The zero-order chi connectivity index (χ0) is 11.2. The van der Waals surface area contributed by atoms with E-state index in [1.54, 1.807) is 11.1 Å². The number of nitrogens with one attached hydrogen (secondary N) is 1. The van der Waals surface area contributed by atoms with E-state index in [1.807, 2.05) is 30.3 Å². The Kier molecular flexibility index (Phi) is 3.53. The summed E-state index contributed by atoms with van der Waals surface area (Å²) in [5.41, 5.74) is 4.22. The summed E-state index contributed by atoms with van der Waals surface area (Å²) in [4.78, 5) is 5.93. The Morgan fingerprint density at radius 2 is 2.06 bits per heavy atom. The van der Waals surface area contributed by atoms with Crippen LogP contribution in [0.25, 0.3) is 11.4 Å². The number of hydrogen-bond acceptors (Lipinski definition) is 3. The molecule has 0 saturated carbocycles. The van der Waals surface area contributed by atoms with Crippen LogP contribution in [0.4, 0.5) is 0 Å². The van der Waals surface area contributed by atoms with Crippen LogP contribution < -0.4 is 5.43 Å². The van der Waals surface area contributed by atoms with E-state index in [9.17, 15) is 0 Å². The molecule has 1 aromatic heterocycles. The van der Waals surface area contributed by atoms with E-state index in [0.29, 0.717) is 0 Å². The molecule has 0 aliphatic heterocycles. The molecule has 0 unspecified atom stereocenters. The van der Waals surface area contributed by atoms with E-state index in [1.165, 1.54) is 6.42 Å². The average Bonchev–Trinajstić information content (AvgIpc) is 2.79. The van der Waals surface area contributed by atoms with Gasteiger partial charge in [0.25, 0.3) is 0 Å². The third kappa shape index (κ3) is 2.59. The van der Waals surface area contributed by atoms with Gasteiger partial charge < -0.3 is 5.43 Å². The van der Waals surface area contributed by atoms with Crippen LogP contribution in [0.3, 0.4) is 0 Å². The van der Waals surface area contributed by atoms with Crippen molar-refractivity contribution in [2.24, 2.45) is 0 Å². The van der Waals surface area contributed by atoms with E-state index in [-0.39, 0.29) is 0 Å². The van der Waals surface area contributed by atoms with Crippen molar-refractivity contribution in [3.8, 4) is 11.4 Å². The van der Waals surface area contributed by atoms with Crippen LogP contribution in [0.15, 0.2) is 36.7 Å². The third-order valence-corrected chi connectivity index (χ3v) is 2.33. The van der Waals surface area contributed by atoms with Gasteiger partial charge in [-0.25, -0.2) is 4.98 Å². The van der Waals surface area contributed by atoms with E-state index in [4.69, 9.17) is 0 Å². The minimum absolute atomic E-state index is 0.754. The Bertz CT molecular complexity index is 422. The molecule has 0 atom stereocenters. The van der Waals surface area contributed by atoms with Gasteiger partial charge in [0, 0.05) is 12.1 Å². The van der Waals surface area contributed by atoms with Crippen molar-refractivity contribution in [2.75, 3.05) is 12.0 Å². The van der Waals surface area contributed by atoms with E-state index >= 15 is 0 Å². The van der Waals surface area contributed by atoms with Crippen molar-refractivity contribution >= 4 is 0 Å². The molecule has 0 spiro atoms. The zero-order valence-corrected chi connectivity index (χ0v) is 9.43. The second-order valence-electron chi connectivity index (χ2n) is 3.64. The highest BCUT2D eigenvalue weighted by atomic mass is 15.6. The quantitative estimate of drug-likeness (QED) is 0.780. The zero-order valence-electron chi connectivity index (χ0n) is 9.43. The molecule has 2 aromatic rings. The fourth-order valence-corrected chi connectivity index (χ4v) is 1.43. The smallest absolute Gasteiger partial charge is 0.183 e. The van der Waals surface area contributed by atoms with E-state index < -0.39 is 0 Å². The summed E-state index contributed by atoms with van der Waals surface area (Å²) in [6.07, 6.45) is 4.02. The van der Waals surface area contributed by atoms with Gasteiger partial charge in [-0.1, -0.05) is 43.7 Å². The molecule has 1 N–H and O–H groups in total. The normalized spacial score (nSPS) is 10.3. The van der Waals surface area contributed by atoms with Crippen molar-refractivity contribution in [1.29, 1.82) is 0 Å². The molecule has 0 aliphatic rings. The molecule has 0 bridgehead atoms. The Morgan fingerprint density at radius 1 is 1.25 bits per heavy atom. The summed E-state index contributed by atoms with van der Waals surface area (Å²) in [7, 11) is 0. The number of aromatic nitrogens is 3. The molecule has 16 heavy (non-hydrogen) atoms. The summed E-state index contributed by atoms with van der Waals surface area (Å²) < 4.78 is 0. The van der Waals surface area contributed by atoms with Crippen molar-refractivity contribution in [1.82, 2.24) is 14.9 Å². The molecular formula is C12H16N4. The van der Waals surface area contributed by atoms with Gasteiger partial charge in [0.1, 0.15) is 6.33 Å². The molecule has 0 saturated heterocycles. The Labute approximate surface area is 95.3 Å². The van der Waals surface area contributed by atoms with Crippen molar-refractivity contribution in [3.63, 3.8) is 0 Å². The van der Waals surface area contributed by atoms with Gasteiger partial charge in [0.15, 0.2) is 5.82 Å². The molecule has 0 amide bonds. The lowest BCUT2D eigenvalue weighted by Gasteiger charge is -2.02. The molecule has 2 rings (SSSR count). The highest BCUT2D eigenvalue weighted by Crippen LogP contribution is 2.12. The van der Waals surface area contributed by atoms with Crippen LogP contribution in [0.5, 0.6) is 0 Å². The maximum atomic E-state index is 4.35. The van der Waals surface area contributed by atoms with Crippen molar-refractivity contribution < 1.29 is 0 Å². The fourth-order valence-electron chi connectivity index (χ4n) is 1.43. The summed E-state index contributed by atoms with van der Waals surface area (Å²) in [5, 5.41) is 4.35. The molecule has 84 valence electrons. The van der Waals surface area contributed by atoms with Crippen molar-refractivity contribution in [3.05, 3.63) is 36.7 Å². The number of nitrogens with zero attached hydrogens (tertiary/aromatic N) is 3. The highest BCUT2D eigenvalue weighted by molar-refractivity contribution is 5.53. The first-order valence-electron chi connectivity index (χ1n) is 5.61. The molecule has 4 nitrogen and oxygen atoms in total. The number of unbranched alkanes of at least 4 members (excludes halogenated alkanes) is 1. The van der Waals surface area contributed by atoms with E-state index in [2.05, 4.69) is 22.4 Å². The maximum absolute atomic E-state index is 4.35. The Hall–Kier alpha value is -1.84. The van der Waals surface area contributed by atoms with Crippen LogP contribution in [0.2, 0.25) is 0 Å². The summed E-state index contributed by atoms with van der Waals surface area (Å²) >= 11 is 0. The molecule has 0 aliphatic carbocycles. The van der Waals surface area contributed by atoms with E-state index in [0.717, 1.165) is 24.4 Å². The average molecular weight is 216 g/mol. The van der Waals surface area contributed by atoms with Crippen molar-refractivity contribution in [2.45, 2.75) is 19.8 Å². The van der Waals surface area contributed by atoms with Gasteiger partial charge in [-0.3, -0.25) is 0 Å². The lowest BCUT2D eigenvalue weighted by molar-refractivity contribution is 0.693. The molecular weight excluding hydrogens is 200 g/mol. The standard InChI is InChI=1S/C12H16N4/c1-2-3-9-14-16-10-13-12(15-16)11-7-5-4-6-8-11/h4-8,10,14H,2-3,9H2,1H3. The second-order valence-corrected chi connectivity index (χ2v) is 3.64. The van der Waals surface area contributed by atoms with Gasteiger partial charge in [-0.2, -0.15) is 4.79 Å². The topological polar surface area (TPSA) is 42.7 Å². The minimum Gasteiger partial charge on any atom is -0.309 e. The lowest BCUT2D eigenvalue weighted by Crippen LogP contribution is -2.16. The predicted octanol–water partition coefficient (Wildman–Crippen LogP) is 2.29. The molecule has 1 aromatic carbocycles. The molecule has 1 heterocycles. The Morgan fingerprint density at radius 3 is 2.81 bits per heavy atom.